The summed E-state index contributed by atoms with van der Waals surface area (Å²) in [5, 5.41) is 21.3. The zero-order valence-corrected chi connectivity index (χ0v) is 13.9. The van der Waals surface area contributed by atoms with Crippen LogP contribution < -0.4 is 29.6 Å². The predicted octanol–water partition coefficient (Wildman–Crippen LogP) is -0.233. The molecule has 0 heterocycles. The van der Waals surface area contributed by atoms with Gasteiger partial charge in [0.15, 0.2) is 0 Å². The Morgan fingerprint density at radius 2 is 1.33 bits per heavy atom. The molecule has 7 heteroatoms. The summed E-state index contributed by atoms with van der Waals surface area (Å²) in [4.78, 5) is -0.437. The summed E-state index contributed by atoms with van der Waals surface area (Å²) >= 11 is 0. The third kappa shape index (κ3) is 2.49. The Bertz CT molecular complexity index is 956. The first kappa shape index (κ1) is 16.1. The summed E-state index contributed by atoms with van der Waals surface area (Å²) in [5.41, 5.74) is 0. The predicted molar refractivity (Wildman–Crippen MR) is 75.7 cm³/mol. The van der Waals surface area contributed by atoms with E-state index in [9.17, 15) is 23.2 Å². The van der Waals surface area contributed by atoms with E-state index in [2.05, 4.69) is 0 Å². The topological polar surface area (TPSA) is 94.8 Å². The van der Waals surface area contributed by atoms with Crippen LogP contribution in [0.25, 0.3) is 21.5 Å². The van der Waals surface area contributed by atoms with Crippen molar-refractivity contribution < 1.29 is 54.2 Å². The Balaban J connectivity index is 0.00000121. The van der Waals surface area contributed by atoms with E-state index in [-0.39, 0.29) is 53.3 Å². The first-order valence-corrected chi connectivity index (χ1v) is 7.18. The molecule has 0 atom stereocenters. The van der Waals surface area contributed by atoms with Crippen molar-refractivity contribution in [2.24, 2.45) is 0 Å². The van der Waals surface area contributed by atoms with Gasteiger partial charge in [0.05, 0.1) is 0 Å². The largest absolute Gasteiger partial charge is 1.00 e. The van der Waals surface area contributed by atoms with Gasteiger partial charge >= 0.3 is 29.6 Å². The van der Waals surface area contributed by atoms with Gasteiger partial charge in [0, 0.05) is 21.5 Å². The van der Waals surface area contributed by atoms with Crippen LogP contribution in [0.5, 0.6) is 11.5 Å². The molecule has 21 heavy (non-hydrogen) atoms. The first-order valence-electron chi connectivity index (χ1n) is 5.74. The molecule has 104 valence electrons. The van der Waals surface area contributed by atoms with Gasteiger partial charge in [-0.2, -0.15) is 8.42 Å². The van der Waals surface area contributed by atoms with E-state index in [0.29, 0.717) is 10.8 Å². The van der Waals surface area contributed by atoms with Gasteiger partial charge in [0.25, 0.3) is 10.1 Å². The van der Waals surface area contributed by atoms with E-state index in [1.54, 1.807) is 24.3 Å². The Labute approximate surface area is 144 Å². The van der Waals surface area contributed by atoms with Crippen molar-refractivity contribution in [1.82, 2.24) is 0 Å². The summed E-state index contributed by atoms with van der Waals surface area (Å²) < 4.78 is 32.1. The van der Waals surface area contributed by atoms with Crippen LogP contribution in [0.3, 0.4) is 0 Å². The second-order valence-corrected chi connectivity index (χ2v) is 5.79. The fraction of sp³-hybridized carbons (Fsp3) is 0. The number of rotatable bonds is 1. The van der Waals surface area contributed by atoms with Crippen molar-refractivity contribution in [2.75, 3.05) is 0 Å². The molecule has 0 radical (unpaired) electrons. The number of aromatic hydroxyl groups is 2. The third-order valence-electron chi connectivity index (χ3n) is 3.23. The molecule has 5 nitrogen and oxygen atoms in total. The van der Waals surface area contributed by atoms with E-state index in [4.69, 9.17) is 0 Å². The van der Waals surface area contributed by atoms with Gasteiger partial charge in [-0.3, -0.25) is 4.55 Å². The zero-order chi connectivity index (χ0) is 14.5. The monoisotopic (exact) mass is 314 g/mol. The van der Waals surface area contributed by atoms with E-state index < -0.39 is 15.0 Å². The molecule has 0 aromatic heterocycles. The molecule has 0 amide bonds. The van der Waals surface area contributed by atoms with Crippen LogP contribution >= 0.6 is 0 Å². The molecule has 0 saturated carbocycles. The van der Waals surface area contributed by atoms with Gasteiger partial charge in [-0.25, -0.2) is 0 Å². The minimum atomic E-state index is -4.51. The van der Waals surface area contributed by atoms with Crippen LogP contribution in [0.4, 0.5) is 0 Å². The summed E-state index contributed by atoms with van der Waals surface area (Å²) in [6.07, 6.45) is 0. The van der Waals surface area contributed by atoms with E-state index in [1.807, 2.05) is 0 Å². The average Bonchev–Trinajstić information content (AvgIpc) is 2.43. The Hall–Kier alpha value is -1.31. The van der Waals surface area contributed by atoms with Crippen molar-refractivity contribution in [3.63, 3.8) is 0 Å². The number of benzene rings is 3. The molecular weight excluding hydrogens is 303 g/mol. The van der Waals surface area contributed by atoms with Crippen LogP contribution in [0, 0.1) is 0 Å². The van der Waals surface area contributed by atoms with Crippen molar-refractivity contribution in [1.29, 1.82) is 0 Å². The van der Waals surface area contributed by atoms with Gasteiger partial charge in [0.2, 0.25) is 0 Å². The van der Waals surface area contributed by atoms with Crippen molar-refractivity contribution in [2.45, 2.75) is 4.90 Å². The molecule has 0 aliphatic carbocycles. The molecule has 0 unspecified atom stereocenters. The van der Waals surface area contributed by atoms with Gasteiger partial charge in [-0.05, 0) is 6.07 Å². The summed E-state index contributed by atoms with van der Waals surface area (Å²) in [6, 6.07) is 10.6. The van der Waals surface area contributed by atoms with Gasteiger partial charge < -0.3 is 11.6 Å². The number of hydrogen-bond donors (Lipinski definition) is 3. The number of fused-ring (bicyclic) bond motifs is 2. The molecule has 3 N–H and O–H groups in total. The molecule has 0 fully saturated rings. The van der Waals surface area contributed by atoms with Crippen molar-refractivity contribution >= 4 is 31.7 Å². The molecule has 3 rings (SSSR count). The third-order valence-corrected chi connectivity index (χ3v) is 4.13. The molecule has 0 bridgehead atoms. The van der Waals surface area contributed by atoms with E-state index >= 15 is 0 Å². The van der Waals surface area contributed by atoms with Crippen LogP contribution in [-0.4, -0.2) is 23.2 Å². The number of phenols is 2. The second kappa shape index (κ2) is 5.47. The molecule has 0 spiro atoms. The molecular formula is C14H11NaO5S. The smallest absolute Gasteiger partial charge is 1.00 e. The SMILES string of the molecule is O=S(=O)(O)c1cccc2c(O)c3ccccc3c(O)c12.[H-].[Na+]. The number of phenolic OH excluding ortho intramolecular Hbond substituents is 2. The minimum absolute atomic E-state index is 0. The van der Waals surface area contributed by atoms with Gasteiger partial charge in [-0.1, -0.05) is 36.4 Å². The quantitative estimate of drug-likeness (QED) is 0.250. The first-order chi connectivity index (χ1) is 9.41. The fourth-order valence-electron chi connectivity index (χ4n) is 2.36. The second-order valence-electron chi connectivity index (χ2n) is 4.40. The molecule has 3 aromatic rings. The van der Waals surface area contributed by atoms with Crippen LogP contribution in [0.15, 0.2) is 47.4 Å². The van der Waals surface area contributed by atoms with E-state index in [0.717, 1.165) is 0 Å². The molecule has 0 aliphatic rings. The van der Waals surface area contributed by atoms with Crippen LogP contribution in [0.2, 0.25) is 0 Å². The zero-order valence-electron chi connectivity index (χ0n) is 12.1. The van der Waals surface area contributed by atoms with Crippen LogP contribution in [-0.2, 0) is 10.1 Å². The molecule has 0 saturated heterocycles. The maximum Gasteiger partial charge on any atom is 1.00 e. The summed E-state index contributed by atoms with van der Waals surface area (Å²) in [7, 11) is -4.51. The Morgan fingerprint density at radius 3 is 1.90 bits per heavy atom. The van der Waals surface area contributed by atoms with Crippen LogP contribution in [0.1, 0.15) is 1.43 Å². The molecule has 3 aromatic carbocycles. The van der Waals surface area contributed by atoms with Crippen molar-refractivity contribution in [3.8, 4) is 11.5 Å². The normalized spacial score (nSPS) is 11.5. The maximum atomic E-state index is 11.4. The Kier molecular flexibility index (Phi) is 4.19. The standard InChI is InChI=1S/C14H10O5S.Na.H/c15-13-8-4-1-2-5-9(8)14(16)12-10(13)6-3-7-11(12)20(17,18)19;;/h1-7,15-16H,(H,17,18,19);;/q;+1;-1. The average molecular weight is 314 g/mol. The summed E-state index contributed by atoms with van der Waals surface area (Å²) in [6.45, 7) is 0. The maximum absolute atomic E-state index is 11.4. The van der Waals surface area contributed by atoms with E-state index in [1.165, 1.54) is 18.2 Å². The fourth-order valence-corrected chi connectivity index (χ4v) is 3.08. The molecule has 0 aliphatic heterocycles. The van der Waals surface area contributed by atoms with Gasteiger partial charge in [0.1, 0.15) is 16.4 Å². The number of hydrogen-bond acceptors (Lipinski definition) is 4. The minimum Gasteiger partial charge on any atom is -1.00 e. The van der Waals surface area contributed by atoms with Crippen molar-refractivity contribution in [3.05, 3.63) is 42.5 Å². The van der Waals surface area contributed by atoms with Gasteiger partial charge in [-0.15, -0.1) is 0 Å². The Morgan fingerprint density at radius 1 is 0.810 bits per heavy atom. The summed E-state index contributed by atoms with van der Waals surface area (Å²) in [5.74, 6) is -0.430.